The van der Waals surface area contributed by atoms with Crippen LogP contribution < -0.4 is 0 Å². The first-order chi connectivity index (χ1) is 8.43. The first-order valence-electron chi connectivity index (χ1n) is 6.55. The van der Waals surface area contributed by atoms with Gasteiger partial charge in [-0.2, -0.15) is 10.2 Å². The molecule has 0 N–H and O–H groups in total. The number of aryl methyl sites for hydroxylation is 2. The van der Waals surface area contributed by atoms with Gasteiger partial charge in [-0.1, -0.05) is 27.7 Å². The third-order valence-electron chi connectivity index (χ3n) is 3.39. The molecule has 0 aliphatic rings. The van der Waals surface area contributed by atoms with Crippen LogP contribution in [0.2, 0.25) is 0 Å². The van der Waals surface area contributed by atoms with Crippen molar-refractivity contribution in [3.63, 3.8) is 0 Å². The molecule has 0 aromatic carbocycles. The molecule has 2 heterocycles. The van der Waals surface area contributed by atoms with Crippen LogP contribution in [-0.2, 0) is 0 Å². The van der Waals surface area contributed by atoms with Gasteiger partial charge in [0.05, 0.1) is 11.4 Å². The maximum Gasteiger partial charge on any atom is 0.0738 e. The topological polar surface area (TPSA) is 38.7 Å². The van der Waals surface area contributed by atoms with Crippen molar-refractivity contribution in [3.05, 3.63) is 28.8 Å². The molecule has 2 aromatic rings. The van der Waals surface area contributed by atoms with Crippen LogP contribution in [0.15, 0.2) is 6.20 Å². The number of pyridine rings is 1. The Morgan fingerprint density at radius 3 is 2.06 bits per heavy atom. The Morgan fingerprint density at radius 2 is 1.50 bits per heavy atom. The number of nitrogens with zero attached hydrogens (tertiary/aromatic N) is 3. The Morgan fingerprint density at radius 1 is 0.833 bits per heavy atom. The van der Waals surface area contributed by atoms with Gasteiger partial charge < -0.3 is 0 Å². The van der Waals surface area contributed by atoms with Crippen molar-refractivity contribution in [3.8, 4) is 0 Å². The molecule has 0 aliphatic carbocycles. The van der Waals surface area contributed by atoms with Crippen molar-refractivity contribution in [1.29, 1.82) is 0 Å². The molecule has 0 amide bonds. The van der Waals surface area contributed by atoms with Gasteiger partial charge >= 0.3 is 0 Å². The molecule has 0 atom stereocenters. The van der Waals surface area contributed by atoms with E-state index in [1.807, 2.05) is 20.0 Å². The maximum atomic E-state index is 4.52. The lowest BCUT2D eigenvalue weighted by molar-refractivity contribution is 0.783. The summed E-state index contributed by atoms with van der Waals surface area (Å²) in [6.45, 7) is 12.8. The molecule has 3 nitrogen and oxygen atoms in total. The van der Waals surface area contributed by atoms with Crippen LogP contribution in [0, 0.1) is 13.8 Å². The Kier molecular flexibility index (Phi) is 3.33. The summed E-state index contributed by atoms with van der Waals surface area (Å²) >= 11 is 0. The fraction of sp³-hybridized carbons (Fsp3) is 0.533. The van der Waals surface area contributed by atoms with Gasteiger partial charge in [0.25, 0.3) is 0 Å². The summed E-state index contributed by atoms with van der Waals surface area (Å²) in [6.07, 6.45) is 2.00. The summed E-state index contributed by atoms with van der Waals surface area (Å²) in [7, 11) is 0. The third kappa shape index (κ3) is 1.98. The van der Waals surface area contributed by atoms with Crippen molar-refractivity contribution >= 4 is 10.8 Å². The van der Waals surface area contributed by atoms with Crippen molar-refractivity contribution < 1.29 is 0 Å². The Labute approximate surface area is 109 Å². The molecule has 0 radical (unpaired) electrons. The van der Waals surface area contributed by atoms with Crippen LogP contribution in [0.5, 0.6) is 0 Å². The number of rotatable bonds is 2. The second-order valence-corrected chi connectivity index (χ2v) is 5.53. The molecule has 3 heteroatoms. The highest BCUT2D eigenvalue weighted by atomic mass is 15.1. The largest absolute Gasteiger partial charge is 0.261 e. The predicted octanol–water partition coefficient (Wildman–Crippen LogP) is 3.89. The summed E-state index contributed by atoms with van der Waals surface area (Å²) in [5.41, 5.74) is 4.38. The van der Waals surface area contributed by atoms with Crippen LogP contribution in [0.25, 0.3) is 10.8 Å². The van der Waals surface area contributed by atoms with E-state index in [1.54, 1.807) is 0 Å². The molecule has 0 saturated heterocycles. The van der Waals surface area contributed by atoms with Crippen LogP contribution >= 0.6 is 0 Å². The maximum absolute atomic E-state index is 4.52. The van der Waals surface area contributed by atoms with E-state index in [2.05, 4.69) is 42.9 Å². The molecular formula is C15H21N3. The lowest BCUT2D eigenvalue weighted by Crippen LogP contribution is -2.05. The van der Waals surface area contributed by atoms with E-state index in [-0.39, 0.29) is 0 Å². The highest BCUT2D eigenvalue weighted by molar-refractivity contribution is 5.91. The van der Waals surface area contributed by atoms with E-state index >= 15 is 0 Å². The van der Waals surface area contributed by atoms with E-state index in [4.69, 9.17) is 0 Å². The highest BCUT2D eigenvalue weighted by Crippen LogP contribution is 2.32. The van der Waals surface area contributed by atoms with Gasteiger partial charge in [0.1, 0.15) is 0 Å². The standard InChI is InChI=1S/C15H21N3/c1-8(2)12-7-16-10(5)13-11(6)17-18-15(9(3)4)14(12)13/h7-9H,1-6H3. The number of aromatic nitrogens is 3. The summed E-state index contributed by atoms with van der Waals surface area (Å²) in [6, 6.07) is 0. The average molecular weight is 243 g/mol. The minimum Gasteiger partial charge on any atom is -0.261 e. The van der Waals surface area contributed by atoms with Crippen LogP contribution in [0.1, 0.15) is 62.2 Å². The zero-order chi connectivity index (χ0) is 13.4. The van der Waals surface area contributed by atoms with Crippen molar-refractivity contribution in [2.45, 2.75) is 53.4 Å². The molecule has 0 saturated carbocycles. The molecule has 96 valence electrons. The minimum absolute atomic E-state index is 0.375. The zero-order valence-corrected chi connectivity index (χ0v) is 12.1. The Bertz CT molecular complexity index is 537. The van der Waals surface area contributed by atoms with Crippen LogP contribution in [0.3, 0.4) is 0 Å². The van der Waals surface area contributed by atoms with E-state index in [1.165, 1.54) is 16.3 Å². The van der Waals surface area contributed by atoms with Gasteiger partial charge in [0, 0.05) is 22.7 Å². The molecule has 18 heavy (non-hydrogen) atoms. The zero-order valence-electron chi connectivity index (χ0n) is 12.1. The quantitative estimate of drug-likeness (QED) is 0.803. The summed E-state index contributed by atoms with van der Waals surface area (Å²) < 4.78 is 0. The van der Waals surface area contributed by atoms with Gasteiger partial charge in [0.15, 0.2) is 0 Å². The summed E-state index contributed by atoms with van der Waals surface area (Å²) in [5.74, 6) is 0.821. The fourth-order valence-electron chi connectivity index (χ4n) is 2.41. The van der Waals surface area contributed by atoms with E-state index in [0.29, 0.717) is 11.8 Å². The number of fused-ring (bicyclic) bond motifs is 1. The van der Waals surface area contributed by atoms with Gasteiger partial charge in [-0.05, 0) is 31.2 Å². The lowest BCUT2D eigenvalue weighted by Gasteiger charge is -2.16. The molecule has 0 spiro atoms. The lowest BCUT2D eigenvalue weighted by atomic mass is 9.93. The van der Waals surface area contributed by atoms with E-state index in [0.717, 1.165) is 17.1 Å². The molecule has 0 bridgehead atoms. The van der Waals surface area contributed by atoms with Crippen molar-refractivity contribution in [2.24, 2.45) is 0 Å². The smallest absolute Gasteiger partial charge is 0.0738 e. The van der Waals surface area contributed by atoms with Gasteiger partial charge in [-0.3, -0.25) is 4.98 Å². The predicted molar refractivity (Wildman–Crippen MR) is 75.0 cm³/mol. The second-order valence-electron chi connectivity index (χ2n) is 5.53. The van der Waals surface area contributed by atoms with Gasteiger partial charge in [0.2, 0.25) is 0 Å². The fourth-order valence-corrected chi connectivity index (χ4v) is 2.41. The minimum atomic E-state index is 0.375. The molecule has 2 aromatic heterocycles. The first-order valence-corrected chi connectivity index (χ1v) is 6.55. The first kappa shape index (κ1) is 12.9. The van der Waals surface area contributed by atoms with E-state index < -0.39 is 0 Å². The third-order valence-corrected chi connectivity index (χ3v) is 3.39. The Hall–Kier alpha value is -1.51. The summed E-state index contributed by atoms with van der Waals surface area (Å²) in [4.78, 5) is 4.52. The Balaban J connectivity index is 2.97. The van der Waals surface area contributed by atoms with Crippen molar-refractivity contribution in [1.82, 2.24) is 15.2 Å². The normalized spacial score (nSPS) is 11.8. The van der Waals surface area contributed by atoms with Crippen LogP contribution in [-0.4, -0.2) is 15.2 Å². The molecule has 0 unspecified atom stereocenters. The summed E-state index contributed by atoms with van der Waals surface area (Å²) in [5, 5.41) is 11.2. The van der Waals surface area contributed by atoms with Crippen molar-refractivity contribution in [2.75, 3.05) is 0 Å². The van der Waals surface area contributed by atoms with Gasteiger partial charge in [-0.25, -0.2) is 0 Å². The molecule has 0 fully saturated rings. The molecule has 2 rings (SSSR count). The molecule has 0 aliphatic heterocycles. The number of hydrogen-bond acceptors (Lipinski definition) is 3. The average Bonchev–Trinajstić information content (AvgIpc) is 2.28. The monoisotopic (exact) mass is 243 g/mol. The molecular weight excluding hydrogens is 222 g/mol. The second kappa shape index (κ2) is 4.63. The highest BCUT2D eigenvalue weighted by Gasteiger charge is 2.17. The van der Waals surface area contributed by atoms with E-state index in [9.17, 15) is 0 Å². The van der Waals surface area contributed by atoms with Crippen LogP contribution in [0.4, 0.5) is 0 Å². The number of hydrogen-bond donors (Lipinski definition) is 0. The van der Waals surface area contributed by atoms with Gasteiger partial charge in [-0.15, -0.1) is 0 Å². The SMILES string of the molecule is Cc1ncc(C(C)C)c2c(C(C)C)nnc(C)c12.